The second kappa shape index (κ2) is 6.72. The largest absolute Gasteiger partial charge is 0.480 e. The molecule has 0 aromatic heterocycles. The van der Waals surface area contributed by atoms with Crippen molar-refractivity contribution in [2.24, 2.45) is 0 Å². The Morgan fingerprint density at radius 3 is 2.63 bits per heavy atom. The molecule has 110 valence electrons. The van der Waals surface area contributed by atoms with Crippen molar-refractivity contribution < 1.29 is 24.5 Å². The molecular formula is C12H22N2O5. The van der Waals surface area contributed by atoms with Gasteiger partial charge in [0.1, 0.15) is 6.04 Å². The number of hydrogen-bond acceptors (Lipinski definition) is 4. The maximum Gasteiger partial charge on any atom is 0.326 e. The van der Waals surface area contributed by atoms with Gasteiger partial charge in [0, 0.05) is 26.6 Å². The molecule has 0 spiro atoms. The zero-order valence-electron chi connectivity index (χ0n) is 11.6. The van der Waals surface area contributed by atoms with Crippen LogP contribution in [0.15, 0.2) is 0 Å². The average molecular weight is 274 g/mol. The van der Waals surface area contributed by atoms with E-state index < -0.39 is 18.1 Å². The number of amides is 2. The summed E-state index contributed by atoms with van der Waals surface area (Å²) in [5, 5.41) is 18.7. The van der Waals surface area contributed by atoms with Crippen molar-refractivity contribution in [3.8, 4) is 0 Å². The van der Waals surface area contributed by atoms with Crippen molar-refractivity contribution in [2.75, 3.05) is 26.8 Å². The summed E-state index contributed by atoms with van der Waals surface area (Å²) in [7, 11) is 1.55. The van der Waals surface area contributed by atoms with Crippen molar-refractivity contribution in [2.45, 2.75) is 38.5 Å². The number of aliphatic carboxylic acids is 1. The molecule has 2 amide bonds. The fraction of sp³-hybridized carbons (Fsp3) is 0.833. The van der Waals surface area contributed by atoms with Gasteiger partial charge in [-0.2, -0.15) is 0 Å². The van der Waals surface area contributed by atoms with Crippen molar-refractivity contribution in [1.82, 2.24) is 9.80 Å². The molecule has 0 saturated carbocycles. The summed E-state index contributed by atoms with van der Waals surface area (Å²) in [6.45, 7) is 4.57. The first-order valence-electron chi connectivity index (χ1n) is 6.39. The lowest BCUT2D eigenvalue weighted by molar-refractivity contribution is -0.141. The molecule has 1 saturated heterocycles. The highest BCUT2D eigenvalue weighted by molar-refractivity contribution is 5.83. The maximum absolute atomic E-state index is 12.4. The number of carboxylic acid groups (broad SMARTS) is 1. The van der Waals surface area contributed by atoms with Crippen molar-refractivity contribution in [3.05, 3.63) is 0 Å². The van der Waals surface area contributed by atoms with Gasteiger partial charge in [0.15, 0.2) is 0 Å². The van der Waals surface area contributed by atoms with E-state index in [9.17, 15) is 14.7 Å². The minimum atomic E-state index is -1.08. The molecule has 3 atom stereocenters. The Labute approximate surface area is 112 Å². The zero-order chi connectivity index (χ0) is 14.6. The topological polar surface area (TPSA) is 90.3 Å². The van der Waals surface area contributed by atoms with Crippen LogP contribution in [0, 0.1) is 0 Å². The maximum atomic E-state index is 12.4. The summed E-state index contributed by atoms with van der Waals surface area (Å²) in [5.41, 5.74) is 0. The first-order valence-corrected chi connectivity index (χ1v) is 6.39. The van der Waals surface area contributed by atoms with E-state index in [0.29, 0.717) is 13.2 Å². The van der Waals surface area contributed by atoms with Crippen LogP contribution in [-0.4, -0.2) is 77.0 Å². The number of ether oxygens (including phenoxy) is 1. The first kappa shape index (κ1) is 15.7. The molecular weight excluding hydrogens is 252 g/mol. The number of likely N-dealkylation sites (tertiary alicyclic amines) is 1. The molecule has 0 radical (unpaired) electrons. The van der Waals surface area contributed by atoms with Crippen LogP contribution < -0.4 is 0 Å². The number of aliphatic hydroxyl groups is 1. The van der Waals surface area contributed by atoms with Gasteiger partial charge in [-0.05, 0) is 13.8 Å². The number of carboxylic acids is 1. The van der Waals surface area contributed by atoms with Crippen LogP contribution in [-0.2, 0) is 9.53 Å². The summed E-state index contributed by atoms with van der Waals surface area (Å²) in [6.07, 6.45) is -0.696. The summed E-state index contributed by atoms with van der Waals surface area (Å²) >= 11 is 0. The summed E-state index contributed by atoms with van der Waals surface area (Å²) in [5.74, 6) is -1.08. The first-order chi connectivity index (χ1) is 8.92. The van der Waals surface area contributed by atoms with E-state index in [1.54, 1.807) is 12.0 Å². The standard InChI is InChI=1S/C12H22N2O5/c1-4-13(8(2)7-19-3)12(18)14-6-9(15)5-10(14)11(16)17/h8-10,15H,4-7H2,1-3H3,(H,16,17)/t8?,9-,10-/m1/s1. The van der Waals surface area contributed by atoms with Gasteiger partial charge in [0.25, 0.3) is 0 Å². The van der Waals surface area contributed by atoms with E-state index in [-0.39, 0.29) is 25.0 Å². The molecule has 7 heteroatoms. The molecule has 1 rings (SSSR count). The minimum absolute atomic E-state index is 0.0615. The third kappa shape index (κ3) is 3.57. The van der Waals surface area contributed by atoms with Gasteiger partial charge >= 0.3 is 12.0 Å². The number of nitrogens with zero attached hydrogens (tertiary/aromatic N) is 2. The molecule has 0 aliphatic carbocycles. The number of rotatable bonds is 5. The van der Waals surface area contributed by atoms with Crippen LogP contribution >= 0.6 is 0 Å². The number of hydrogen-bond donors (Lipinski definition) is 2. The average Bonchev–Trinajstić information content (AvgIpc) is 2.72. The summed E-state index contributed by atoms with van der Waals surface area (Å²) < 4.78 is 5.02. The van der Waals surface area contributed by atoms with Crippen molar-refractivity contribution in [3.63, 3.8) is 0 Å². The van der Waals surface area contributed by atoms with E-state index in [1.807, 2.05) is 13.8 Å². The number of carbonyl (C=O) groups excluding carboxylic acids is 1. The molecule has 0 bridgehead atoms. The predicted molar refractivity (Wildman–Crippen MR) is 67.9 cm³/mol. The van der Waals surface area contributed by atoms with Crippen LogP contribution in [0.4, 0.5) is 4.79 Å². The molecule has 2 N–H and O–H groups in total. The highest BCUT2D eigenvalue weighted by Gasteiger charge is 2.41. The van der Waals surface area contributed by atoms with Gasteiger partial charge in [-0.3, -0.25) is 0 Å². The highest BCUT2D eigenvalue weighted by atomic mass is 16.5. The SMILES string of the molecule is CCN(C(=O)N1C[C@H](O)C[C@@H]1C(=O)O)C(C)COC. The Kier molecular flexibility index (Phi) is 5.56. The summed E-state index contributed by atoms with van der Waals surface area (Å²) in [4.78, 5) is 26.3. The van der Waals surface area contributed by atoms with E-state index in [2.05, 4.69) is 0 Å². The Balaban J connectivity index is 2.81. The Bertz CT molecular complexity index is 336. The van der Waals surface area contributed by atoms with Gasteiger partial charge in [-0.25, -0.2) is 9.59 Å². The number of carbonyl (C=O) groups is 2. The molecule has 1 heterocycles. The van der Waals surface area contributed by atoms with Crippen LogP contribution in [0.1, 0.15) is 20.3 Å². The molecule has 7 nitrogen and oxygen atoms in total. The third-order valence-corrected chi connectivity index (χ3v) is 3.34. The second-order valence-corrected chi connectivity index (χ2v) is 4.77. The van der Waals surface area contributed by atoms with E-state index in [1.165, 1.54) is 4.90 Å². The van der Waals surface area contributed by atoms with Gasteiger partial charge in [-0.15, -0.1) is 0 Å². The van der Waals surface area contributed by atoms with Crippen molar-refractivity contribution in [1.29, 1.82) is 0 Å². The lowest BCUT2D eigenvalue weighted by Crippen LogP contribution is -2.51. The molecule has 1 aliphatic rings. The fourth-order valence-corrected chi connectivity index (χ4v) is 2.39. The van der Waals surface area contributed by atoms with Crippen LogP contribution in [0.2, 0.25) is 0 Å². The third-order valence-electron chi connectivity index (χ3n) is 3.34. The lowest BCUT2D eigenvalue weighted by atomic mass is 10.2. The fourth-order valence-electron chi connectivity index (χ4n) is 2.39. The predicted octanol–water partition coefficient (Wildman–Crippen LogP) is -0.0170. The summed E-state index contributed by atoms with van der Waals surface area (Å²) in [6, 6.07) is -1.46. The van der Waals surface area contributed by atoms with Gasteiger partial charge in [0.05, 0.1) is 18.8 Å². The quantitative estimate of drug-likeness (QED) is 0.735. The van der Waals surface area contributed by atoms with Gasteiger partial charge in [0.2, 0.25) is 0 Å². The van der Waals surface area contributed by atoms with E-state index >= 15 is 0 Å². The number of methoxy groups -OCH3 is 1. The molecule has 19 heavy (non-hydrogen) atoms. The zero-order valence-corrected chi connectivity index (χ0v) is 11.6. The lowest BCUT2D eigenvalue weighted by Gasteiger charge is -2.33. The monoisotopic (exact) mass is 274 g/mol. The van der Waals surface area contributed by atoms with Crippen LogP contribution in [0.3, 0.4) is 0 Å². The molecule has 0 aromatic carbocycles. The van der Waals surface area contributed by atoms with Crippen LogP contribution in [0.25, 0.3) is 0 Å². The molecule has 1 unspecified atom stereocenters. The molecule has 1 aliphatic heterocycles. The normalized spacial score (nSPS) is 24.3. The van der Waals surface area contributed by atoms with Crippen molar-refractivity contribution >= 4 is 12.0 Å². The van der Waals surface area contributed by atoms with Crippen LogP contribution in [0.5, 0.6) is 0 Å². The van der Waals surface area contributed by atoms with Gasteiger partial charge < -0.3 is 24.7 Å². The number of likely N-dealkylation sites (N-methyl/N-ethyl adjacent to an activating group) is 1. The number of β-amino-alcohol motifs (C(OH)–C–C–N with tert-alkyl or cyclic N) is 1. The highest BCUT2D eigenvalue weighted by Crippen LogP contribution is 2.20. The van der Waals surface area contributed by atoms with E-state index in [0.717, 1.165) is 0 Å². The number of aliphatic hydroxyl groups excluding tert-OH is 1. The van der Waals surface area contributed by atoms with Gasteiger partial charge in [-0.1, -0.05) is 0 Å². The smallest absolute Gasteiger partial charge is 0.326 e. The molecule has 1 fully saturated rings. The minimum Gasteiger partial charge on any atom is -0.480 e. The second-order valence-electron chi connectivity index (χ2n) is 4.77. The Morgan fingerprint density at radius 1 is 1.53 bits per heavy atom. The molecule has 0 aromatic rings. The van der Waals surface area contributed by atoms with E-state index in [4.69, 9.17) is 9.84 Å². The Morgan fingerprint density at radius 2 is 2.16 bits per heavy atom. The Hall–Kier alpha value is -1.34. The number of urea groups is 1.